The number of aromatic nitrogens is 2. The van der Waals surface area contributed by atoms with E-state index in [4.69, 9.17) is 0 Å². The van der Waals surface area contributed by atoms with Crippen LogP contribution in [0.4, 0.5) is 5.82 Å². The van der Waals surface area contributed by atoms with Crippen molar-refractivity contribution in [2.24, 2.45) is 0 Å². The van der Waals surface area contributed by atoms with E-state index in [1.54, 1.807) is 0 Å². The molecule has 3 N–H and O–H groups in total. The Kier molecular flexibility index (Phi) is 4.49. The second-order valence-electron chi connectivity index (χ2n) is 4.55. The molecular formula is C10H15IN4O2. The number of aromatic amines is 1. The first-order valence-electron chi connectivity index (χ1n) is 5.07. The summed E-state index contributed by atoms with van der Waals surface area (Å²) in [6.07, 6.45) is 1.30. The van der Waals surface area contributed by atoms with Gasteiger partial charge < -0.3 is 15.6 Å². The van der Waals surface area contributed by atoms with Crippen molar-refractivity contribution in [1.29, 1.82) is 0 Å². The lowest BCUT2D eigenvalue weighted by Crippen LogP contribution is -2.43. The Balaban J connectivity index is 2.60. The van der Waals surface area contributed by atoms with Gasteiger partial charge in [0.2, 0.25) is 5.91 Å². The summed E-state index contributed by atoms with van der Waals surface area (Å²) >= 11 is 1.88. The predicted octanol–water partition coefficient (Wildman–Crippen LogP) is 0.701. The van der Waals surface area contributed by atoms with Crippen LogP contribution in [-0.4, -0.2) is 28.0 Å². The fourth-order valence-electron chi connectivity index (χ4n) is 1.13. The van der Waals surface area contributed by atoms with Crippen LogP contribution in [0, 0.1) is 3.57 Å². The topological polar surface area (TPSA) is 86.9 Å². The zero-order valence-electron chi connectivity index (χ0n) is 9.93. The Morgan fingerprint density at radius 3 is 2.76 bits per heavy atom. The molecule has 1 rings (SSSR count). The lowest BCUT2D eigenvalue weighted by Gasteiger charge is -2.20. The molecule has 0 atom stereocenters. The fraction of sp³-hybridized carbons (Fsp3) is 0.500. The average Bonchev–Trinajstić information content (AvgIpc) is 2.18. The number of H-pyrrole nitrogens is 1. The molecule has 94 valence electrons. The van der Waals surface area contributed by atoms with Crippen molar-refractivity contribution in [3.05, 3.63) is 20.3 Å². The average molecular weight is 350 g/mol. The largest absolute Gasteiger partial charge is 0.360 e. The molecule has 1 aromatic heterocycles. The van der Waals surface area contributed by atoms with E-state index < -0.39 is 0 Å². The first kappa shape index (κ1) is 13.9. The quantitative estimate of drug-likeness (QED) is 0.701. The molecule has 0 saturated heterocycles. The van der Waals surface area contributed by atoms with E-state index in [9.17, 15) is 9.59 Å². The molecule has 0 radical (unpaired) electrons. The van der Waals surface area contributed by atoms with Crippen LogP contribution in [0.3, 0.4) is 0 Å². The summed E-state index contributed by atoms with van der Waals surface area (Å²) in [6, 6.07) is 0. The monoisotopic (exact) mass is 350 g/mol. The Hall–Kier alpha value is -1.12. The molecule has 7 heteroatoms. The van der Waals surface area contributed by atoms with Gasteiger partial charge in [0.1, 0.15) is 9.39 Å². The van der Waals surface area contributed by atoms with Crippen molar-refractivity contribution < 1.29 is 4.79 Å². The third kappa shape index (κ3) is 4.72. The van der Waals surface area contributed by atoms with Gasteiger partial charge in [-0.2, -0.15) is 0 Å². The number of anilines is 1. The summed E-state index contributed by atoms with van der Waals surface area (Å²) in [5.41, 5.74) is -0.493. The van der Waals surface area contributed by atoms with Crippen LogP contribution in [0.25, 0.3) is 0 Å². The molecule has 1 aromatic rings. The molecule has 0 saturated carbocycles. The van der Waals surface area contributed by atoms with Crippen LogP contribution in [0.15, 0.2) is 11.1 Å². The number of amides is 1. The Morgan fingerprint density at radius 1 is 1.53 bits per heavy atom. The van der Waals surface area contributed by atoms with Gasteiger partial charge in [0.15, 0.2) is 0 Å². The number of halogens is 1. The van der Waals surface area contributed by atoms with Crippen molar-refractivity contribution in [2.75, 3.05) is 11.9 Å². The molecular weight excluding hydrogens is 335 g/mol. The summed E-state index contributed by atoms with van der Waals surface area (Å²) < 4.78 is 0.439. The first-order valence-corrected chi connectivity index (χ1v) is 6.15. The van der Waals surface area contributed by atoms with Gasteiger partial charge in [0.05, 0.1) is 12.9 Å². The van der Waals surface area contributed by atoms with Crippen LogP contribution in [-0.2, 0) is 4.79 Å². The molecule has 1 amide bonds. The molecule has 6 nitrogen and oxygen atoms in total. The molecule has 1 heterocycles. The van der Waals surface area contributed by atoms with Crippen molar-refractivity contribution in [3.8, 4) is 0 Å². The standard InChI is InChI=1S/C10H15IN4O2/c1-10(2,3)15-6(16)4-12-8-7(11)9(17)14-5-13-8/h5H,4H2,1-3H3,(H,15,16)(H2,12,13,14,17). The minimum atomic E-state index is -0.270. The molecule has 0 aliphatic rings. The maximum atomic E-state index is 11.5. The highest BCUT2D eigenvalue weighted by molar-refractivity contribution is 14.1. The molecule has 0 bridgehead atoms. The lowest BCUT2D eigenvalue weighted by atomic mass is 10.1. The van der Waals surface area contributed by atoms with Crippen LogP contribution in [0.2, 0.25) is 0 Å². The number of carbonyl (C=O) groups excluding carboxylic acids is 1. The number of hydrogen-bond donors (Lipinski definition) is 3. The molecule has 17 heavy (non-hydrogen) atoms. The highest BCUT2D eigenvalue weighted by Gasteiger charge is 2.14. The maximum absolute atomic E-state index is 11.5. The van der Waals surface area contributed by atoms with Gasteiger partial charge in [-0.25, -0.2) is 4.98 Å². The van der Waals surface area contributed by atoms with Crippen molar-refractivity contribution >= 4 is 34.3 Å². The summed E-state index contributed by atoms with van der Waals surface area (Å²) in [7, 11) is 0. The van der Waals surface area contributed by atoms with Gasteiger partial charge in [-0.3, -0.25) is 9.59 Å². The zero-order chi connectivity index (χ0) is 13.1. The van der Waals surface area contributed by atoms with Crippen molar-refractivity contribution in [1.82, 2.24) is 15.3 Å². The van der Waals surface area contributed by atoms with Gasteiger partial charge in [-0.05, 0) is 43.4 Å². The lowest BCUT2D eigenvalue weighted by molar-refractivity contribution is -0.120. The van der Waals surface area contributed by atoms with E-state index in [0.29, 0.717) is 9.39 Å². The first-order chi connectivity index (χ1) is 7.79. The summed E-state index contributed by atoms with van der Waals surface area (Å²) in [5, 5.41) is 5.63. The number of nitrogens with zero attached hydrogens (tertiary/aromatic N) is 1. The minimum Gasteiger partial charge on any atom is -0.360 e. The highest BCUT2D eigenvalue weighted by atomic mass is 127. The molecule has 0 fully saturated rings. The minimum absolute atomic E-state index is 0.0870. The maximum Gasteiger partial charge on any atom is 0.266 e. The van der Waals surface area contributed by atoms with Crippen LogP contribution in [0.1, 0.15) is 20.8 Å². The van der Waals surface area contributed by atoms with Crippen LogP contribution in [0.5, 0.6) is 0 Å². The normalized spacial score (nSPS) is 11.1. The Morgan fingerprint density at radius 2 is 2.18 bits per heavy atom. The predicted molar refractivity (Wildman–Crippen MR) is 74.0 cm³/mol. The number of carbonyl (C=O) groups is 1. The highest BCUT2D eigenvalue weighted by Crippen LogP contribution is 2.08. The zero-order valence-corrected chi connectivity index (χ0v) is 12.1. The van der Waals surface area contributed by atoms with Crippen LogP contribution < -0.4 is 16.2 Å². The number of rotatable bonds is 3. The molecule has 0 aliphatic heterocycles. The molecule has 0 unspecified atom stereocenters. The van der Waals surface area contributed by atoms with E-state index in [1.807, 2.05) is 43.4 Å². The third-order valence-electron chi connectivity index (χ3n) is 1.73. The van der Waals surface area contributed by atoms with E-state index >= 15 is 0 Å². The van der Waals surface area contributed by atoms with Gasteiger partial charge in [-0.15, -0.1) is 0 Å². The summed E-state index contributed by atoms with van der Waals surface area (Å²) in [4.78, 5) is 29.2. The van der Waals surface area contributed by atoms with E-state index in [0.717, 1.165) is 0 Å². The third-order valence-corrected chi connectivity index (χ3v) is 2.73. The van der Waals surface area contributed by atoms with Crippen molar-refractivity contribution in [2.45, 2.75) is 26.3 Å². The van der Waals surface area contributed by atoms with E-state index in [1.165, 1.54) is 6.33 Å². The second-order valence-corrected chi connectivity index (χ2v) is 5.62. The molecule has 0 spiro atoms. The fourth-order valence-corrected chi connectivity index (χ4v) is 1.62. The van der Waals surface area contributed by atoms with Gasteiger partial charge in [0, 0.05) is 5.54 Å². The van der Waals surface area contributed by atoms with Gasteiger partial charge >= 0.3 is 0 Å². The molecule has 0 aliphatic carbocycles. The SMILES string of the molecule is CC(C)(C)NC(=O)CNc1nc[nH]c(=O)c1I. The second kappa shape index (κ2) is 5.48. The van der Waals surface area contributed by atoms with E-state index in [-0.39, 0.29) is 23.6 Å². The van der Waals surface area contributed by atoms with Gasteiger partial charge in [0.25, 0.3) is 5.56 Å². The molecule has 0 aromatic carbocycles. The number of nitrogens with one attached hydrogen (secondary N) is 3. The summed E-state index contributed by atoms with van der Waals surface area (Å²) in [5.74, 6) is 0.272. The summed E-state index contributed by atoms with van der Waals surface area (Å²) in [6.45, 7) is 5.80. The van der Waals surface area contributed by atoms with Crippen LogP contribution >= 0.6 is 22.6 Å². The Labute approximate surface area is 113 Å². The number of hydrogen-bond acceptors (Lipinski definition) is 4. The van der Waals surface area contributed by atoms with E-state index in [2.05, 4.69) is 20.6 Å². The Bertz CT molecular complexity index is 464. The van der Waals surface area contributed by atoms with Gasteiger partial charge in [-0.1, -0.05) is 0 Å². The van der Waals surface area contributed by atoms with Crippen molar-refractivity contribution in [3.63, 3.8) is 0 Å². The smallest absolute Gasteiger partial charge is 0.266 e.